The first-order chi connectivity index (χ1) is 13.6. The number of amides is 2. The van der Waals surface area contributed by atoms with E-state index in [1.807, 2.05) is 0 Å². The molecule has 1 aromatic carbocycles. The minimum Gasteiger partial charge on any atom is -0.495 e. The molecule has 2 N–H and O–H groups in total. The van der Waals surface area contributed by atoms with Crippen molar-refractivity contribution in [2.75, 3.05) is 20.2 Å². The highest BCUT2D eigenvalue weighted by Crippen LogP contribution is 2.27. The van der Waals surface area contributed by atoms with Gasteiger partial charge in [-0.25, -0.2) is 8.42 Å². The van der Waals surface area contributed by atoms with Crippen molar-refractivity contribution in [3.8, 4) is 5.75 Å². The number of ether oxygens (including phenoxy) is 1. The van der Waals surface area contributed by atoms with Crippen molar-refractivity contribution in [3.05, 3.63) is 46.2 Å². The number of benzene rings is 1. The zero-order chi connectivity index (χ0) is 21.8. The molecule has 0 spiro atoms. The first-order valence-electron chi connectivity index (χ1n) is 8.76. The number of rotatable bonds is 7. The molecule has 0 unspecified atom stereocenters. The lowest BCUT2D eigenvalue weighted by Crippen LogP contribution is -2.42. The summed E-state index contributed by atoms with van der Waals surface area (Å²) in [4.78, 5) is 24.6. The Bertz CT molecular complexity index is 1020. The third-order valence-electron chi connectivity index (χ3n) is 4.24. The smallest absolute Gasteiger partial charge is 0.286 e. The van der Waals surface area contributed by atoms with Crippen LogP contribution in [-0.4, -0.2) is 49.3 Å². The van der Waals surface area contributed by atoms with Crippen molar-refractivity contribution >= 4 is 37.8 Å². The minimum atomic E-state index is -3.84. The van der Waals surface area contributed by atoms with Crippen LogP contribution < -0.4 is 15.6 Å². The number of sulfonamides is 1. The maximum atomic E-state index is 12.9. The van der Waals surface area contributed by atoms with Crippen LogP contribution in [0.1, 0.15) is 34.7 Å². The van der Waals surface area contributed by atoms with Gasteiger partial charge in [0.05, 0.1) is 7.11 Å². The van der Waals surface area contributed by atoms with Crippen LogP contribution in [0.3, 0.4) is 0 Å². The number of aromatic nitrogens is 1. The fourth-order valence-electron chi connectivity index (χ4n) is 2.72. The Kier molecular flexibility index (Phi) is 7.44. The van der Waals surface area contributed by atoms with Crippen molar-refractivity contribution in [2.45, 2.75) is 18.7 Å². The molecule has 2 aromatic rings. The molecule has 0 aliphatic heterocycles. The van der Waals surface area contributed by atoms with Crippen LogP contribution in [0.4, 0.5) is 0 Å². The van der Waals surface area contributed by atoms with Gasteiger partial charge in [0.1, 0.15) is 16.3 Å². The molecule has 1 heterocycles. The fourth-order valence-corrected chi connectivity index (χ4v) is 4.89. The monoisotopic (exact) mass is 486 g/mol. The van der Waals surface area contributed by atoms with Gasteiger partial charge in [0, 0.05) is 36.4 Å². The molecule has 11 heteroatoms. The molecule has 2 amide bonds. The maximum absolute atomic E-state index is 12.9. The number of nitrogens with one attached hydrogen (secondary N) is 2. The molecular weight excluding hydrogens is 464 g/mol. The van der Waals surface area contributed by atoms with Gasteiger partial charge in [-0.2, -0.15) is 4.31 Å². The van der Waals surface area contributed by atoms with Crippen LogP contribution in [0, 0.1) is 0 Å². The van der Waals surface area contributed by atoms with Gasteiger partial charge in [0.15, 0.2) is 0 Å². The topological polar surface area (TPSA) is 110 Å². The van der Waals surface area contributed by atoms with E-state index in [4.69, 9.17) is 4.74 Å². The van der Waals surface area contributed by atoms with Crippen LogP contribution >= 0.6 is 15.9 Å². The van der Waals surface area contributed by atoms with E-state index in [9.17, 15) is 18.0 Å². The largest absolute Gasteiger partial charge is 0.495 e. The molecule has 0 fully saturated rings. The normalized spacial score (nSPS) is 11.4. The highest BCUT2D eigenvalue weighted by atomic mass is 79.9. The first-order valence-corrected chi connectivity index (χ1v) is 11.0. The molecular formula is C18H23BrN4O5S. The van der Waals surface area contributed by atoms with Crippen molar-refractivity contribution in [2.24, 2.45) is 7.05 Å². The minimum absolute atomic E-state index is 0.0601. The Labute approximate surface area is 178 Å². The Morgan fingerprint density at radius 3 is 2.28 bits per heavy atom. The van der Waals surface area contributed by atoms with E-state index in [0.29, 0.717) is 5.69 Å². The van der Waals surface area contributed by atoms with Crippen molar-refractivity contribution < 1.29 is 22.7 Å². The summed E-state index contributed by atoms with van der Waals surface area (Å²) in [5.41, 5.74) is 4.99. The van der Waals surface area contributed by atoms with Crippen LogP contribution in [0.15, 0.2) is 39.8 Å². The fraction of sp³-hybridized carbons (Fsp3) is 0.333. The van der Waals surface area contributed by atoms with E-state index < -0.39 is 21.8 Å². The Morgan fingerprint density at radius 2 is 1.76 bits per heavy atom. The number of carbonyl (C=O) groups is 2. The van der Waals surface area contributed by atoms with Crippen LogP contribution in [0.2, 0.25) is 0 Å². The van der Waals surface area contributed by atoms with E-state index in [2.05, 4.69) is 26.8 Å². The van der Waals surface area contributed by atoms with E-state index >= 15 is 0 Å². The Morgan fingerprint density at radius 1 is 1.14 bits per heavy atom. The second-order valence-electron chi connectivity index (χ2n) is 6.02. The number of aryl methyl sites for hydroxylation is 1. The lowest BCUT2D eigenvalue weighted by Gasteiger charge is -2.20. The number of methoxy groups -OCH3 is 1. The summed E-state index contributed by atoms with van der Waals surface area (Å²) in [7, 11) is -0.799. The van der Waals surface area contributed by atoms with Crippen molar-refractivity contribution in [3.63, 3.8) is 0 Å². The molecule has 0 aliphatic carbocycles. The maximum Gasteiger partial charge on any atom is 0.286 e. The van der Waals surface area contributed by atoms with Gasteiger partial charge in [-0.3, -0.25) is 20.4 Å². The third kappa shape index (κ3) is 4.98. The van der Waals surface area contributed by atoms with Crippen molar-refractivity contribution in [1.29, 1.82) is 0 Å². The zero-order valence-corrected chi connectivity index (χ0v) is 18.9. The van der Waals surface area contributed by atoms with Gasteiger partial charge in [0.25, 0.3) is 11.8 Å². The zero-order valence-electron chi connectivity index (χ0n) is 16.5. The Balaban J connectivity index is 2.25. The second kappa shape index (κ2) is 9.42. The average molecular weight is 487 g/mol. The average Bonchev–Trinajstić information content (AvgIpc) is 3.04. The van der Waals surface area contributed by atoms with Gasteiger partial charge < -0.3 is 9.30 Å². The van der Waals surface area contributed by atoms with Crippen LogP contribution in [0.5, 0.6) is 5.75 Å². The van der Waals surface area contributed by atoms with E-state index in [0.717, 1.165) is 4.47 Å². The number of nitrogens with zero attached hydrogens (tertiary/aromatic N) is 2. The molecule has 0 atom stereocenters. The predicted octanol–water partition coefficient (Wildman–Crippen LogP) is 1.90. The summed E-state index contributed by atoms with van der Waals surface area (Å²) in [5, 5.41) is 0. The molecule has 29 heavy (non-hydrogen) atoms. The van der Waals surface area contributed by atoms with E-state index in [1.165, 1.54) is 29.6 Å². The lowest BCUT2D eigenvalue weighted by molar-refractivity contribution is 0.0842. The molecule has 0 aliphatic rings. The summed E-state index contributed by atoms with van der Waals surface area (Å²) in [6.45, 7) is 4.00. The van der Waals surface area contributed by atoms with Crippen LogP contribution in [-0.2, 0) is 17.1 Å². The summed E-state index contributed by atoms with van der Waals surface area (Å²) in [6, 6.07) is 5.65. The number of hydrazine groups is 1. The highest BCUT2D eigenvalue weighted by molar-refractivity contribution is 9.10. The summed E-state index contributed by atoms with van der Waals surface area (Å²) < 4.78 is 34.5. The quantitative estimate of drug-likeness (QED) is 0.580. The molecule has 0 saturated heterocycles. The number of carbonyl (C=O) groups excluding carboxylic acids is 2. The molecule has 1 aromatic heterocycles. The predicted molar refractivity (Wildman–Crippen MR) is 111 cm³/mol. The third-order valence-corrected chi connectivity index (χ3v) is 6.75. The van der Waals surface area contributed by atoms with Gasteiger partial charge in [-0.05, 0) is 40.2 Å². The van der Waals surface area contributed by atoms with Crippen molar-refractivity contribution in [1.82, 2.24) is 19.7 Å². The summed E-state index contributed by atoms with van der Waals surface area (Å²) in [5.74, 6) is -1.05. The number of hydrogen-bond donors (Lipinski definition) is 2. The highest BCUT2D eigenvalue weighted by Gasteiger charge is 2.27. The van der Waals surface area contributed by atoms with Gasteiger partial charge in [0.2, 0.25) is 10.0 Å². The summed E-state index contributed by atoms with van der Waals surface area (Å²) in [6.07, 6.45) is 1.70. The molecule has 0 radical (unpaired) electrons. The van der Waals surface area contributed by atoms with Gasteiger partial charge in [-0.1, -0.05) is 13.8 Å². The molecule has 158 valence electrons. The summed E-state index contributed by atoms with van der Waals surface area (Å²) >= 11 is 3.27. The second-order valence-corrected chi connectivity index (χ2v) is 8.84. The van der Waals surface area contributed by atoms with Gasteiger partial charge >= 0.3 is 0 Å². The van der Waals surface area contributed by atoms with E-state index in [-0.39, 0.29) is 29.3 Å². The SMILES string of the molecule is CCN(CC)S(=O)(=O)c1cc(C(=O)NNC(=O)c2cc(Br)cn2C)ccc1OC. The van der Waals surface area contributed by atoms with E-state index in [1.54, 1.807) is 37.7 Å². The van der Waals surface area contributed by atoms with Crippen LogP contribution in [0.25, 0.3) is 0 Å². The first kappa shape index (κ1) is 22.9. The standard InChI is InChI=1S/C18H23BrN4O5S/c1-5-23(6-2)29(26,27)16-9-12(7-8-15(16)28-4)17(24)20-21-18(25)14-10-13(19)11-22(14)3/h7-11H,5-6H2,1-4H3,(H,20,24)(H,21,25). The van der Waals surface area contributed by atoms with Gasteiger partial charge in [-0.15, -0.1) is 0 Å². The Hall–Kier alpha value is -2.37. The number of hydrogen-bond acceptors (Lipinski definition) is 5. The molecule has 0 saturated carbocycles. The molecule has 9 nitrogen and oxygen atoms in total. The molecule has 0 bridgehead atoms. The number of halogens is 1. The lowest BCUT2D eigenvalue weighted by atomic mass is 10.2. The molecule has 2 rings (SSSR count).